The minimum absolute atomic E-state index is 0.208. The molecular formula is C22H24F3N5O2S. The summed E-state index contributed by atoms with van der Waals surface area (Å²) in [6.07, 6.45) is -1.04. The molecule has 7 nitrogen and oxygen atoms in total. The van der Waals surface area contributed by atoms with E-state index >= 15 is 0 Å². The Morgan fingerprint density at radius 3 is 2.52 bits per heavy atom. The SMILES string of the molecule is Cc1ccc(-n2c(SCC(=O)N(Cc3ccco3)CC(F)(F)F)nnc2N2CCCC2)cc1. The molecule has 0 atom stereocenters. The van der Waals surface area contributed by atoms with Crippen LogP contribution in [0.2, 0.25) is 0 Å². The second-order valence-electron chi connectivity index (χ2n) is 7.88. The van der Waals surface area contributed by atoms with Crippen LogP contribution < -0.4 is 4.90 Å². The number of halogens is 3. The molecule has 11 heteroatoms. The zero-order chi connectivity index (χ0) is 23.4. The van der Waals surface area contributed by atoms with Gasteiger partial charge in [0.1, 0.15) is 12.3 Å². The minimum atomic E-state index is -4.52. The number of carbonyl (C=O) groups excluding carboxylic acids is 1. The molecule has 0 saturated carbocycles. The molecule has 2 aromatic heterocycles. The second kappa shape index (κ2) is 9.90. The van der Waals surface area contributed by atoms with Gasteiger partial charge < -0.3 is 14.2 Å². The molecule has 1 saturated heterocycles. The zero-order valence-electron chi connectivity index (χ0n) is 18.1. The predicted molar refractivity (Wildman–Crippen MR) is 118 cm³/mol. The van der Waals surface area contributed by atoms with E-state index in [2.05, 4.69) is 15.1 Å². The molecule has 1 aliphatic heterocycles. The third-order valence-electron chi connectivity index (χ3n) is 5.27. The zero-order valence-corrected chi connectivity index (χ0v) is 18.9. The number of anilines is 1. The van der Waals surface area contributed by atoms with E-state index in [0.29, 0.717) is 11.1 Å². The van der Waals surface area contributed by atoms with Gasteiger partial charge in [0.25, 0.3) is 0 Å². The molecule has 1 fully saturated rings. The quantitative estimate of drug-likeness (QED) is 0.445. The largest absolute Gasteiger partial charge is 0.467 e. The second-order valence-corrected chi connectivity index (χ2v) is 8.82. The number of benzene rings is 1. The third kappa shape index (κ3) is 5.89. The fourth-order valence-corrected chi connectivity index (χ4v) is 4.50. The van der Waals surface area contributed by atoms with Crippen LogP contribution in [-0.4, -0.2) is 57.1 Å². The summed E-state index contributed by atoms with van der Waals surface area (Å²) in [5, 5.41) is 9.06. The van der Waals surface area contributed by atoms with Gasteiger partial charge in [-0.3, -0.25) is 9.36 Å². The Bertz CT molecular complexity index is 1060. The summed E-state index contributed by atoms with van der Waals surface area (Å²) in [4.78, 5) is 15.7. The topological polar surface area (TPSA) is 67.4 Å². The van der Waals surface area contributed by atoms with Crippen molar-refractivity contribution in [2.45, 2.75) is 37.6 Å². The summed E-state index contributed by atoms with van der Waals surface area (Å²) in [7, 11) is 0. The Morgan fingerprint density at radius 1 is 1.15 bits per heavy atom. The Kier molecular flexibility index (Phi) is 6.96. The number of furan rings is 1. The molecule has 0 spiro atoms. The summed E-state index contributed by atoms with van der Waals surface area (Å²) in [5.74, 6) is 0.0986. The molecular weight excluding hydrogens is 455 g/mol. The highest BCUT2D eigenvalue weighted by atomic mass is 32.2. The van der Waals surface area contributed by atoms with Gasteiger partial charge in [0, 0.05) is 13.1 Å². The van der Waals surface area contributed by atoms with Crippen molar-refractivity contribution >= 4 is 23.6 Å². The Morgan fingerprint density at radius 2 is 1.88 bits per heavy atom. The lowest BCUT2D eigenvalue weighted by Gasteiger charge is -2.23. The van der Waals surface area contributed by atoms with Crippen molar-refractivity contribution in [1.29, 1.82) is 0 Å². The smallest absolute Gasteiger partial charge is 0.406 e. The molecule has 176 valence electrons. The lowest BCUT2D eigenvalue weighted by molar-refractivity contribution is -0.161. The maximum atomic E-state index is 13.1. The van der Waals surface area contributed by atoms with E-state index in [-0.39, 0.29) is 18.1 Å². The normalized spacial score (nSPS) is 14.1. The number of alkyl halides is 3. The van der Waals surface area contributed by atoms with Crippen LogP contribution in [0.4, 0.5) is 19.1 Å². The van der Waals surface area contributed by atoms with Gasteiger partial charge >= 0.3 is 6.18 Å². The monoisotopic (exact) mass is 479 g/mol. The number of thioether (sulfide) groups is 1. The highest BCUT2D eigenvalue weighted by molar-refractivity contribution is 7.99. The van der Waals surface area contributed by atoms with Gasteiger partial charge in [-0.15, -0.1) is 10.2 Å². The number of aryl methyl sites for hydroxylation is 1. The van der Waals surface area contributed by atoms with Crippen LogP contribution in [0.1, 0.15) is 24.2 Å². The summed E-state index contributed by atoms with van der Waals surface area (Å²) in [5.41, 5.74) is 1.94. The van der Waals surface area contributed by atoms with Crippen molar-refractivity contribution in [3.05, 3.63) is 54.0 Å². The molecule has 0 aliphatic carbocycles. The first-order chi connectivity index (χ1) is 15.8. The standard InChI is InChI=1S/C22H24F3N5O2S/c1-16-6-8-17(9-7-16)30-20(28-10-2-3-11-28)26-27-21(30)33-14-19(31)29(15-22(23,24)25)13-18-5-4-12-32-18/h4-9,12H,2-3,10-11,13-15H2,1H3. The van der Waals surface area contributed by atoms with E-state index in [1.165, 1.54) is 6.26 Å². The van der Waals surface area contributed by atoms with Gasteiger partial charge in [-0.25, -0.2) is 0 Å². The summed E-state index contributed by atoms with van der Waals surface area (Å²) in [6, 6.07) is 10.9. The van der Waals surface area contributed by atoms with Gasteiger partial charge in [0.05, 0.1) is 24.2 Å². The van der Waals surface area contributed by atoms with Crippen molar-refractivity contribution in [3.8, 4) is 5.69 Å². The maximum absolute atomic E-state index is 13.1. The molecule has 1 aliphatic rings. The van der Waals surface area contributed by atoms with E-state index in [1.807, 2.05) is 35.8 Å². The Hall–Kier alpha value is -2.95. The number of rotatable bonds is 8. The maximum Gasteiger partial charge on any atom is 0.406 e. The molecule has 1 aromatic carbocycles. The number of amides is 1. The van der Waals surface area contributed by atoms with E-state index in [1.54, 1.807) is 12.1 Å². The highest BCUT2D eigenvalue weighted by Gasteiger charge is 2.33. The van der Waals surface area contributed by atoms with Gasteiger partial charge in [0.2, 0.25) is 11.9 Å². The molecule has 33 heavy (non-hydrogen) atoms. The number of nitrogens with zero attached hydrogens (tertiary/aromatic N) is 5. The molecule has 0 unspecified atom stereocenters. The van der Waals surface area contributed by atoms with Gasteiger partial charge in [-0.1, -0.05) is 29.5 Å². The minimum Gasteiger partial charge on any atom is -0.467 e. The highest BCUT2D eigenvalue weighted by Crippen LogP contribution is 2.29. The molecule has 0 bridgehead atoms. The van der Waals surface area contributed by atoms with Crippen LogP contribution >= 0.6 is 11.8 Å². The van der Waals surface area contributed by atoms with Crippen LogP contribution in [0.3, 0.4) is 0 Å². The third-order valence-corrected chi connectivity index (χ3v) is 6.19. The fraction of sp³-hybridized carbons (Fsp3) is 0.409. The van der Waals surface area contributed by atoms with Crippen LogP contribution in [0, 0.1) is 6.92 Å². The Balaban J connectivity index is 1.55. The number of aromatic nitrogens is 3. The first kappa shape index (κ1) is 23.2. The van der Waals surface area contributed by atoms with Crippen LogP contribution in [0.25, 0.3) is 5.69 Å². The molecule has 3 heterocycles. The van der Waals surface area contributed by atoms with Gasteiger partial charge in [-0.05, 0) is 44.0 Å². The lowest BCUT2D eigenvalue weighted by Crippen LogP contribution is -2.39. The first-order valence-corrected chi connectivity index (χ1v) is 11.6. The average molecular weight is 480 g/mol. The average Bonchev–Trinajstić information content (AvgIpc) is 3.52. The van der Waals surface area contributed by atoms with Crippen molar-refractivity contribution in [3.63, 3.8) is 0 Å². The fourth-order valence-electron chi connectivity index (χ4n) is 3.65. The number of hydrogen-bond donors (Lipinski definition) is 0. The molecule has 1 amide bonds. The van der Waals surface area contributed by atoms with Gasteiger partial charge in [0.15, 0.2) is 5.16 Å². The molecule has 3 aromatic rings. The Labute approximate surface area is 193 Å². The van der Waals surface area contributed by atoms with Crippen LogP contribution in [0.5, 0.6) is 0 Å². The lowest BCUT2D eigenvalue weighted by atomic mass is 10.2. The number of carbonyl (C=O) groups is 1. The number of hydrogen-bond acceptors (Lipinski definition) is 6. The van der Waals surface area contributed by atoms with Gasteiger partial charge in [-0.2, -0.15) is 13.2 Å². The van der Waals surface area contributed by atoms with Crippen molar-refractivity contribution in [1.82, 2.24) is 19.7 Å². The summed E-state index contributed by atoms with van der Waals surface area (Å²) >= 11 is 1.07. The molecule has 0 radical (unpaired) electrons. The molecule has 0 N–H and O–H groups in total. The van der Waals surface area contributed by atoms with E-state index in [4.69, 9.17) is 4.42 Å². The van der Waals surface area contributed by atoms with Crippen molar-refractivity contribution in [2.24, 2.45) is 0 Å². The van der Waals surface area contributed by atoms with E-state index < -0.39 is 18.6 Å². The van der Waals surface area contributed by atoms with E-state index in [0.717, 1.165) is 53.8 Å². The summed E-state index contributed by atoms with van der Waals surface area (Å²) < 4.78 is 46.3. The molecule has 4 rings (SSSR count). The van der Waals surface area contributed by atoms with Crippen LogP contribution in [0.15, 0.2) is 52.2 Å². The van der Waals surface area contributed by atoms with Crippen molar-refractivity contribution in [2.75, 3.05) is 30.3 Å². The predicted octanol–water partition coefficient (Wildman–Crippen LogP) is 4.45. The van der Waals surface area contributed by atoms with Crippen LogP contribution in [-0.2, 0) is 11.3 Å². The summed E-state index contributed by atoms with van der Waals surface area (Å²) in [6.45, 7) is 2.10. The van der Waals surface area contributed by atoms with Crippen molar-refractivity contribution < 1.29 is 22.4 Å². The first-order valence-electron chi connectivity index (χ1n) is 10.6. The van der Waals surface area contributed by atoms with E-state index in [9.17, 15) is 18.0 Å².